The molecule has 26 heavy (non-hydrogen) atoms. The summed E-state index contributed by atoms with van der Waals surface area (Å²) < 4.78 is 3.73. The Morgan fingerprint density at radius 1 is 1.23 bits per heavy atom. The summed E-state index contributed by atoms with van der Waals surface area (Å²) in [5, 5.41) is 7.10. The van der Waals surface area contributed by atoms with Crippen LogP contribution in [0.1, 0.15) is 54.1 Å². The maximum Gasteiger partial charge on any atom is 0.267 e. The Balaban J connectivity index is 1.66. The fraction of sp³-hybridized carbons (Fsp3) is 0.526. The van der Waals surface area contributed by atoms with Gasteiger partial charge in [0.2, 0.25) is 5.91 Å². The number of nitrogens with zero attached hydrogens (tertiary/aromatic N) is 4. The van der Waals surface area contributed by atoms with E-state index in [2.05, 4.69) is 10.4 Å². The van der Waals surface area contributed by atoms with Gasteiger partial charge < -0.3 is 14.8 Å². The van der Waals surface area contributed by atoms with Gasteiger partial charge in [-0.15, -0.1) is 0 Å². The molecule has 2 aromatic heterocycles. The minimum atomic E-state index is -0.0916. The highest BCUT2D eigenvalue weighted by Gasteiger charge is 2.28. The summed E-state index contributed by atoms with van der Waals surface area (Å²) in [6.45, 7) is 2.96. The highest BCUT2D eigenvalue weighted by atomic mass is 16.2. The molecule has 7 heteroatoms. The van der Waals surface area contributed by atoms with Crippen LogP contribution in [0.4, 0.5) is 0 Å². The Hall–Kier alpha value is -2.57. The van der Waals surface area contributed by atoms with Crippen LogP contribution in [0.5, 0.6) is 0 Å². The first kappa shape index (κ1) is 18.2. The average Bonchev–Trinajstić information content (AvgIpc) is 3.20. The molecule has 0 saturated carbocycles. The lowest BCUT2D eigenvalue weighted by Crippen LogP contribution is -2.38. The van der Waals surface area contributed by atoms with E-state index in [0.29, 0.717) is 12.2 Å². The van der Waals surface area contributed by atoms with Crippen molar-refractivity contribution in [1.29, 1.82) is 0 Å². The molecule has 2 amide bonds. The van der Waals surface area contributed by atoms with Gasteiger partial charge in [0.1, 0.15) is 5.69 Å². The number of hydrogen-bond donors (Lipinski definition) is 1. The maximum atomic E-state index is 12.6. The van der Waals surface area contributed by atoms with E-state index >= 15 is 0 Å². The zero-order valence-corrected chi connectivity index (χ0v) is 15.7. The number of aryl methyl sites for hydroxylation is 1. The Bertz CT molecular complexity index is 792. The van der Waals surface area contributed by atoms with Gasteiger partial charge in [-0.25, -0.2) is 0 Å². The quantitative estimate of drug-likeness (QED) is 0.887. The maximum absolute atomic E-state index is 12.6. The second-order valence-corrected chi connectivity index (χ2v) is 6.88. The van der Waals surface area contributed by atoms with Crippen molar-refractivity contribution in [3.8, 4) is 0 Å². The van der Waals surface area contributed by atoms with Gasteiger partial charge in [0.15, 0.2) is 0 Å². The molecule has 140 valence electrons. The minimum absolute atomic E-state index is 0.0576. The highest BCUT2D eigenvalue weighted by molar-refractivity contribution is 5.93. The van der Waals surface area contributed by atoms with Crippen LogP contribution in [0.3, 0.4) is 0 Å². The summed E-state index contributed by atoms with van der Waals surface area (Å²) in [5.41, 5.74) is 2.73. The molecule has 2 aromatic rings. The van der Waals surface area contributed by atoms with Crippen molar-refractivity contribution in [2.75, 3.05) is 13.1 Å². The van der Waals surface area contributed by atoms with Crippen molar-refractivity contribution in [2.24, 2.45) is 14.1 Å². The number of carbonyl (C=O) groups excluding carboxylic acids is 2. The lowest BCUT2D eigenvalue weighted by atomic mass is 9.99. The lowest BCUT2D eigenvalue weighted by molar-refractivity contribution is -0.132. The van der Waals surface area contributed by atoms with E-state index in [1.807, 2.05) is 46.4 Å². The predicted octanol–water partition coefficient (Wildman–Crippen LogP) is 1.80. The van der Waals surface area contributed by atoms with Crippen molar-refractivity contribution >= 4 is 11.8 Å². The van der Waals surface area contributed by atoms with Crippen LogP contribution in [-0.4, -0.2) is 44.2 Å². The van der Waals surface area contributed by atoms with Gasteiger partial charge in [0.05, 0.1) is 6.04 Å². The van der Waals surface area contributed by atoms with Gasteiger partial charge in [-0.05, 0) is 37.5 Å². The summed E-state index contributed by atoms with van der Waals surface area (Å²) in [4.78, 5) is 26.4. The first-order valence-corrected chi connectivity index (χ1v) is 9.17. The number of piperidine rings is 1. The molecule has 1 unspecified atom stereocenters. The third-order valence-corrected chi connectivity index (χ3v) is 5.23. The molecule has 0 radical (unpaired) electrons. The molecule has 3 rings (SSSR count). The third-order valence-electron chi connectivity index (χ3n) is 5.23. The van der Waals surface area contributed by atoms with Crippen LogP contribution in [0.2, 0.25) is 0 Å². The first-order valence-electron chi connectivity index (χ1n) is 9.17. The highest BCUT2D eigenvalue weighted by Crippen LogP contribution is 2.31. The molecule has 1 N–H and O–H groups in total. The van der Waals surface area contributed by atoms with Crippen LogP contribution in [0, 0.1) is 0 Å². The molecule has 1 fully saturated rings. The van der Waals surface area contributed by atoms with E-state index < -0.39 is 0 Å². The number of carbonyl (C=O) groups is 2. The Kier molecular flexibility index (Phi) is 5.44. The average molecular weight is 357 g/mol. The predicted molar refractivity (Wildman–Crippen MR) is 98.6 cm³/mol. The number of rotatable bonds is 5. The van der Waals surface area contributed by atoms with Crippen LogP contribution in [0.15, 0.2) is 24.4 Å². The van der Waals surface area contributed by atoms with Crippen molar-refractivity contribution in [1.82, 2.24) is 24.6 Å². The molecule has 1 atom stereocenters. The zero-order chi connectivity index (χ0) is 18.7. The van der Waals surface area contributed by atoms with Crippen molar-refractivity contribution in [3.05, 3.63) is 41.5 Å². The number of aromatic nitrogens is 3. The van der Waals surface area contributed by atoms with E-state index in [1.165, 1.54) is 0 Å². The van der Waals surface area contributed by atoms with Gasteiger partial charge in [-0.3, -0.25) is 14.3 Å². The first-order chi connectivity index (χ1) is 12.5. The number of hydrogen-bond acceptors (Lipinski definition) is 3. The van der Waals surface area contributed by atoms with Crippen LogP contribution < -0.4 is 5.32 Å². The monoisotopic (exact) mass is 357 g/mol. The molecule has 7 nitrogen and oxygen atoms in total. The van der Waals surface area contributed by atoms with Gasteiger partial charge in [0, 0.05) is 58.1 Å². The smallest absolute Gasteiger partial charge is 0.267 e. The molecule has 1 aliphatic heterocycles. The molecule has 0 aromatic carbocycles. The Labute approximate surface area is 154 Å². The second-order valence-electron chi connectivity index (χ2n) is 6.88. The lowest BCUT2D eigenvalue weighted by Gasteiger charge is -2.35. The van der Waals surface area contributed by atoms with Crippen LogP contribution in [0.25, 0.3) is 0 Å². The molecule has 0 aliphatic carbocycles. The van der Waals surface area contributed by atoms with E-state index in [1.54, 1.807) is 13.1 Å². The van der Waals surface area contributed by atoms with Gasteiger partial charge in [-0.2, -0.15) is 5.10 Å². The molecule has 0 spiro atoms. The minimum Gasteiger partial charge on any atom is -0.350 e. The van der Waals surface area contributed by atoms with E-state index in [4.69, 9.17) is 0 Å². The summed E-state index contributed by atoms with van der Waals surface area (Å²) >= 11 is 0. The molecule has 3 heterocycles. The summed E-state index contributed by atoms with van der Waals surface area (Å²) in [7, 11) is 3.80. The van der Waals surface area contributed by atoms with Gasteiger partial charge >= 0.3 is 0 Å². The van der Waals surface area contributed by atoms with Crippen molar-refractivity contribution < 1.29 is 9.59 Å². The van der Waals surface area contributed by atoms with Gasteiger partial charge in [0.25, 0.3) is 5.91 Å². The van der Waals surface area contributed by atoms with Crippen molar-refractivity contribution in [2.45, 2.75) is 38.6 Å². The zero-order valence-electron chi connectivity index (χ0n) is 15.7. The fourth-order valence-electron chi connectivity index (χ4n) is 3.75. The molecule has 1 aliphatic rings. The summed E-state index contributed by atoms with van der Waals surface area (Å²) in [6, 6.07) is 5.83. The molecular weight excluding hydrogens is 330 g/mol. The van der Waals surface area contributed by atoms with Gasteiger partial charge in [-0.1, -0.05) is 0 Å². The largest absolute Gasteiger partial charge is 0.350 e. The number of nitrogens with one attached hydrogen (secondary N) is 1. The van der Waals surface area contributed by atoms with E-state index in [-0.39, 0.29) is 17.9 Å². The molecule has 0 bridgehead atoms. The normalized spacial score (nSPS) is 17.3. The third kappa shape index (κ3) is 3.66. The standard InChI is InChI=1S/C19H27N5O2/c1-14(25)24-13-5-4-6-17(24)16-7-8-18(22(16)2)19(26)20-11-9-15-10-12-21-23(15)3/h7-8,10,12,17H,4-6,9,11,13H2,1-3H3,(H,20,26). The molecular formula is C19H27N5O2. The Morgan fingerprint density at radius 2 is 2.04 bits per heavy atom. The number of amides is 2. The SMILES string of the molecule is CC(=O)N1CCCCC1c1ccc(C(=O)NCCc2ccnn2C)n1C. The molecule has 1 saturated heterocycles. The summed E-state index contributed by atoms with van der Waals surface area (Å²) in [6.07, 6.45) is 5.58. The summed E-state index contributed by atoms with van der Waals surface area (Å²) in [5.74, 6) is 0.00387. The van der Waals surface area contributed by atoms with E-state index in [0.717, 1.165) is 43.6 Å². The topological polar surface area (TPSA) is 72.2 Å². The van der Waals surface area contributed by atoms with E-state index in [9.17, 15) is 9.59 Å². The van der Waals surface area contributed by atoms with Crippen LogP contribution in [-0.2, 0) is 25.3 Å². The fourth-order valence-corrected chi connectivity index (χ4v) is 3.75. The van der Waals surface area contributed by atoms with Crippen molar-refractivity contribution in [3.63, 3.8) is 0 Å². The second kappa shape index (κ2) is 7.76. The van der Waals surface area contributed by atoms with Crippen LogP contribution >= 0.6 is 0 Å². The Morgan fingerprint density at radius 3 is 2.73 bits per heavy atom. The number of likely N-dealkylation sites (tertiary alicyclic amines) is 1.